The van der Waals surface area contributed by atoms with Crippen LogP contribution in [0.15, 0.2) is 35.0 Å². The molecule has 7 heteroatoms. The van der Waals surface area contributed by atoms with Crippen LogP contribution in [0.2, 0.25) is 0 Å². The first-order valence-electron chi connectivity index (χ1n) is 7.34. The molecule has 0 radical (unpaired) electrons. The molecule has 2 aromatic heterocycles. The zero-order chi connectivity index (χ0) is 16.4. The molecule has 0 spiro atoms. The van der Waals surface area contributed by atoms with Gasteiger partial charge in [-0.25, -0.2) is 4.68 Å². The lowest BCUT2D eigenvalue weighted by atomic mass is 10.1. The van der Waals surface area contributed by atoms with Gasteiger partial charge in [0.05, 0.1) is 12.4 Å². The predicted octanol–water partition coefficient (Wildman–Crippen LogP) is 3.57. The van der Waals surface area contributed by atoms with Gasteiger partial charge in [0.25, 0.3) is 0 Å². The van der Waals surface area contributed by atoms with Crippen LogP contribution in [-0.4, -0.2) is 31.7 Å². The summed E-state index contributed by atoms with van der Waals surface area (Å²) in [6.45, 7) is 5.61. The van der Waals surface area contributed by atoms with Gasteiger partial charge in [-0.05, 0) is 89.2 Å². The summed E-state index contributed by atoms with van der Waals surface area (Å²) >= 11 is 7.25. The van der Waals surface area contributed by atoms with Crippen LogP contribution in [0.3, 0.4) is 0 Å². The van der Waals surface area contributed by atoms with Crippen LogP contribution in [-0.2, 0) is 13.2 Å². The van der Waals surface area contributed by atoms with Gasteiger partial charge in [0.15, 0.2) is 0 Å². The number of hydrogen-bond acceptors (Lipinski definition) is 5. The fraction of sp³-hybridized carbons (Fsp3) is 0.312. The lowest BCUT2D eigenvalue weighted by Crippen LogP contribution is -2.22. The minimum Gasteiger partial charge on any atom is -0.283 e. The molecule has 0 N–H and O–H groups in total. The van der Waals surface area contributed by atoms with Crippen LogP contribution in [0.5, 0.6) is 0 Å². The summed E-state index contributed by atoms with van der Waals surface area (Å²) in [6.07, 6.45) is 0. The topological polar surface area (TPSA) is 38.9 Å². The summed E-state index contributed by atoms with van der Waals surface area (Å²) in [4.78, 5) is 2.17. The van der Waals surface area contributed by atoms with Crippen molar-refractivity contribution < 1.29 is 0 Å². The number of thiophene rings is 1. The Morgan fingerprint density at radius 2 is 1.91 bits per heavy atom. The largest absolute Gasteiger partial charge is 0.283 e. The standard InChI is InChI=1S/C16H19N5S2/c1-12-6-13(2)8-15(7-12)21-16(22)20(17-18-21)11-19(3)9-14-4-5-23-10-14/h4-8,10H,9,11H2,1-3H3. The van der Waals surface area contributed by atoms with Crippen molar-refractivity contribution in [2.24, 2.45) is 0 Å². The molecule has 1 aromatic carbocycles. The predicted molar refractivity (Wildman–Crippen MR) is 95.4 cm³/mol. The lowest BCUT2D eigenvalue weighted by Gasteiger charge is -2.14. The molecular formula is C16H19N5S2. The zero-order valence-corrected chi connectivity index (χ0v) is 15.1. The van der Waals surface area contributed by atoms with Crippen LogP contribution in [0.4, 0.5) is 0 Å². The van der Waals surface area contributed by atoms with E-state index in [1.165, 1.54) is 16.7 Å². The molecule has 5 nitrogen and oxygen atoms in total. The Labute approximate surface area is 144 Å². The first kappa shape index (κ1) is 16.0. The fourth-order valence-corrected chi connectivity index (χ4v) is 3.47. The number of rotatable bonds is 5. The first-order valence-corrected chi connectivity index (χ1v) is 8.69. The smallest absolute Gasteiger partial charge is 0.221 e. The second-order valence-corrected chi connectivity index (χ2v) is 6.95. The van der Waals surface area contributed by atoms with Crippen molar-refractivity contribution in [1.29, 1.82) is 0 Å². The maximum absolute atomic E-state index is 5.54. The Morgan fingerprint density at radius 3 is 2.57 bits per heavy atom. The number of nitrogens with zero attached hydrogens (tertiary/aromatic N) is 5. The molecule has 0 amide bonds. The maximum Gasteiger partial charge on any atom is 0.221 e. The summed E-state index contributed by atoms with van der Waals surface area (Å²) in [5.41, 5.74) is 4.63. The van der Waals surface area contributed by atoms with Crippen LogP contribution < -0.4 is 0 Å². The summed E-state index contributed by atoms with van der Waals surface area (Å²) < 4.78 is 4.07. The van der Waals surface area contributed by atoms with Gasteiger partial charge in [-0.2, -0.15) is 16.0 Å². The van der Waals surface area contributed by atoms with Gasteiger partial charge in [0.2, 0.25) is 4.77 Å². The summed E-state index contributed by atoms with van der Waals surface area (Å²) in [5.74, 6) is 0. The fourth-order valence-electron chi connectivity index (χ4n) is 2.57. The van der Waals surface area contributed by atoms with E-state index in [-0.39, 0.29) is 0 Å². The average Bonchev–Trinajstić information content (AvgIpc) is 3.09. The van der Waals surface area contributed by atoms with Crippen molar-refractivity contribution in [1.82, 2.24) is 24.7 Å². The molecule has 0 aliphatic rings. The lowest BCUT2D eigenvalue weighted by molar-refractivity contribution is 0.242. The molecule has 0 saturated carbocycles. The monoisotopic (exact) mass is 345 g/mol. The van der Waals surface area contributed by atoms with E-state index >= 15 is 0 Å². The van der Waals surface area contributed by atoms with Crippen LogP contribution >= 0.6 is 23.6 Å². The zero-order valence-electron chi connectivity index (χ0n) is 13.4. The number of tetrazole rings is 1. The molecule has 0 bridgehead atoms. The number of aromatic nitrogens is 4. The molecule has 3 aromatic rings. The molecule has 23 heavy (non-hydrogen) atoms. The molecule has 3 rings (SSSR count). The van der Waals surface area contributed by atoms with E-state index in [9.17, 15) is 0 Å². The number of benzene rings is 1. The van der Waals surface area contributed by atoms with E-state index in [0.29, 0.717) is 11.4 Å². The van der Waals surface area contributed by atoms with E-state index in [1.807, 2.05) is 0 Å². The van der Waals surface area contributed by atoms with E-state index < -0.39 is 0 Å². The Balaban J connectivity index is 1.80. The minimum absolute atomic E-state index is 0.604. The van der Waals surface area contributed by atoms with Crippen LogP contribution in [0, 0.1) is 18.6 Å². The Morgan fingerprint density at radius 1 is 1.17 bits per heavy atom. The van der Waals surface area contributed by atoms with Gasteiger partial charge in [0, 0.05) is 6.54 Å². The molecule has 0 fully saturated rings. The van der Waals surface area contributed by atoms with E-state index in [2.05, 4.69) is 71.2 Å². The molecule has 2 heterocycles. The molecule has 120 valence electrons. The number of hydrogen-bond donors (Lipinski definition) is 0. The summed E-state index contributed by atoms with van der Waals surface area (Å²) in [7, 11) is 2.05. The molecule has 0 unspecified atom stereocenters. The molecule has 0 saturated heterocycles. The Bertz CT molecular complexity index is 827. The van der Waals surface area contributed by atoms with E-state index in [1.54, 1.807) is 20.7 Å². The highest BCUT2D eigenvalue weighted by atomic mass is 32.1. The quantitative estimate of drug-likeness (QED) is 0.663. The van der Waals surface area contributed by atoms with Crippen molar-refractivity contribution in [3.05, 3.63) is 56.5 Å². The van der Waals surface area contributed by atoms with Gasteiger partial charge < -0.3 is 0 Å². The SMILES string of the molecule is Cc1cc(C)cc(-n2nnn(CN(C)Cc3ccsc3)c2=S)c1. The van der Waals surface area contributed by atoms with Crippen molar-refractivity contribution in [3.8, 4) is 5.69 Å². The number of aryl methyl sites for hydroxylation is 2. The summed E-state index contributed by atoms with van der Waals surface area (Å²) in [6, 6.07) is 8.40. The third kappa shape index (κ3) is 3.74. The van der Waals surface area contributed by atoms with E-state index in [4.69, 9.17) is 12.2 Å². The summed E-state index contributed by atoms with van der Waals surface area (Å²) in [5, 5.41) is 12.7. The average molecular weight is 345 g/mol. The van der Waals surface area contributed by atoms with E-state index in [0.717, 1.165) is 12.2 Å². The van der Waals surface area contributed by atoms with Crippen LogP contribution in [0.1, 0.15) is 16.7 Å². The van der Waals surface area contributed by atoms with Crippen molar-refractivity contribution in [3.63, 3.8) is 0 Å². The second kappa shape index (κ2) is 6.74. The van der Waals surface area contributed by atoms with Gasteiger partial charge in [-0.3, -0.25) is 4.90 Å². The van der Waals surface area contributed by atoms with Crippen LogP contribution in [0.25, 0.3) is 5.69 Å². The Kier molecular flexibility index (Phi) is 4.70. The first-order chi connectivity index (χ1) is 11.0. The van der Waals surface area contributed by atoms with Crippen molar-refractivity contribution >= 4 is 23.6 Å². The van der Waals surface area contributed by atoms with Gasteiger partial charge in [-0.15, -0.1) is 0 Å². The molecule has 0 aliphatic carbocycles. The molecule has 0 atom stereocenters. The Hall–Kier alpha value is -1.83. The second-order valence-electron chi connectivity index (χ2n) is 5.81. The van der Waals surface area contributed by atoms with Gasteiger partial charge >= 0.3 is 0 Å². The normalized spacial score (nSPS) is 11.3. The third-order valence-corrected chi connectivity index (χ3v) is 4.61. The van der Waals surface area contributed by atoms with Gasteiger partial charge in [-0.1, -0.05) is 6.07 Å². The maximum atomic E-state index is 5.54. The minimum atomic E-state index is 0.604. The molecule has 0 aliphatic heterocycles. The highest BCUT2D eigenvalue weighted by Gasteiger charge is 2.09. The molecular weight excluding hydrogens is 326 g/mol. The van der Waals surface area contributed by atoms with Crippen molar-refractivity contribution in [2.75, 3.05) is 7.05 Å². The van der Waals surface area contributed by atoms with Gasteiger partial charge in [0.1, 0.15) is 0 Å². The highest BCUT2D eigenvalue weighted by Crippen LogP contribution is 2.13. The van der Waals surface area contributed by atoms with Crippen molar-refractivity contribution in [2.45, 2.75) is 27.1 Å². The highest BCUT2D eigenvalue weighted by molar-refractivity contribution is 7.71. The third-order valence-electron chi connectivity index (χ3n) is 3.50.